The highest BCUT2D eigenvalue weighted by molar-refractivity contribution is 5.98. The number of rotatable bonds is 10. The van der Waals surface area contributed by atoms with Crippen molar-refractivity contribution >= 4 is 23.4 Å². The highest BCUT2D eigenvalue weighted by Crippen LogP contribution is 2.28. The van der Waals surface area contributed by atoms with E-state index in [-0.39, 0.29) is 12.3 Å². The Labute approximate surface area is 198 Å². The summed E-state index contributed by atoms with van der Waals surface area (Å²) < 4.78 is 20.5. The summed E-state index contributed by atoms with van der Waals surface area (Å²) in [6.07, 6.45) is 0.219. The van der Waals surface area contributed by atoms with Gasteiger partial charge in [-0.25, -0.2) is 9.87 Å². The molecule has 182 valence electrons. The molecule has 1 aliphatic rings. The molecule has 0 saturated carbocycles. The second kappa shape index (κ2) is 12.1. The molecule has 0 bridgehead atoms. The molecule has 2 unspecified atom stereocenters. The molecule has 34 heavy (non-hydrogen) atoms. The number of hydrogen-bond donors (Lipinski definition) is 3. The van der Waals surface area contributed by atoms with Crippen molar-refractivity contribution in [2.24, 2.45) is 5.92 Å². The number of carbonyl (C=O) groups is 3. The number of anilines is 1. The van der Waals surface area contributed by atoms with Crippen LogP contribution in [-0.2, 0) is 14.4 Å². The zero-order valence-corrected chi connectivity index (χ0v) is 19.1. The van der Waals surface area contributed by atoms with E-state index in [4.69, 9.17) is 9.94 Å². The van der Waals surface area contributed by atoms with Crippen molar-refractivity contribution in [3.63, 3.8) is 0 Å². The largest absolute Gasteiger partial charge is 0.457 e. The second-order valence-electron chi connectivity index (χ2n) is 8.25. The SMILES string of the molecule is CCCCC(C(=O)N1CCCC1C(=O)Nc1cccc(Oc2ccccc2)c1)[C@H](F)C(=O)NO. The van der Waals surface area contributed by atoms with Gasteiger partial charge in [-0.1, -0.05) is 44.0 Å². The molecule has 1 saturated heterocycles. The zero-order chi connectivity index (χ0) is 24.5. The predicted octanol–water partition coefficient (Wildman–Crippen LogP) is 4.06. The quantitative estimate of drug-likeness (QED) is 0.358. The van der Waals surface area contributed by atoms with E-state index < -0.39 is 29.9 Å². The number of amides is 3. The lowest BCUT2D eigenvalue weighted by Gasteiger charge is -2.29. The number of hydroxylamine groups is 1. The molecule has 3 atom stereocenters. The Hall–Kier alpha value is -3.46. The molecule has 3 amide bonds. The number of alkyl halides is 1. The zero-order valence-electron chi connectivity index (χ0n) is 19.1. The smallest absolute Gasteiger partial charge is 0.278 e. The number of likely N-dealkylation sites (tertiary alicyclic amines) is 1. The van der Waals surface area contributed by atoms with Gasteiger partial charge in [0.15, 0.2) is 6.17 Å². The number of para-hydroxylation sites is 1. The highest BCUT2D eigenvalue weighted by atomic mass is 19.1. The number of halogens is 1. The Balaban J connectivity index is 1.70. The lowest BCUT2D eigenvalue weighted by atomic mass is 9.94. The number of carbonyl (C=O) groups excluding carboxylic acids is 3. The summed E-state index contributed by atoms with van der Waals surface area (Å²) in [7, 11) is 0. The van der Waals surface area contributed by atoms with Crippen LogP contribution in [0.25, 0.3) is 0 Å². The third kappa shape index (κ3) is 6.32. The van der Waals surface area contributed by atoms with Gasteiger partial charge in [0.1, 0.15) is 17.5 Å². The maximum atomic E-state index is 14.7. The number of nitrogens with one attached hydrogen (secondary N) is 2. The van der Waals surface area contributed by atoms with Gasteiger partial charge in [-0.2, -0.15) is 0 Å². The van der Waals surface area contributed by atoms with Crippen molar-refractivity contribution in [3.8, 4) is 11.5 Å². The van der Waals surface area contributed by atoms with Crippen LogP contribution in [0.2, 0.25) is 0 Å². The first-order valence-electron chi connectivity index (χ1n) is 11.5. The van der Waals surface area contributed by atoms with Crippen LogP contribution < -0.4 is 15.5 Å². The molecule has 9 heteroatoms. The van der Waals surface area contributed by atoms with Crippen LogP contribution in [0, 0.1) is 5.92 Å². The summed E-state index contributed by atoms with van der Waals surface area (Å²) in [5.41, 5.74) is 1.78. The Bertz CT molecular complexity index is 988. The molecule has 0 spiro atoms. The van der Waals surface area contributed by atoms with Crippen LogP contribution in [0.3, 0.4) is 0 Å². The minimum absolute atomic E-state index is 0.146. The maximum Gasteiger partial charge on any atom is 0.278 e. The van der Waals surface area contributed by atoms with Crippen LogP contribution in [0.5, 0.6) is 11.5 Å². The van der Waals surface area contributed by atoms with Gasteiger partial charge in [-0.05, 0) is 43.5 Å². The van der Waals surface area contributed by atoms with E-state index in [1.165, 1.54) is 10.4 Å². The molecule has 3 N–H and O–H groups in total. The van der Waals surface area contributed by atoms with Crippen molar-refractivity contribution in [3.05, 3.63) is 54.6 Å². The maximum absolute atomic E-state index is 14.7. The molecule has 2 aromatic rings. The van der Waals surface area contributed by atoms with Gasteiger partial charge in [0, 0.05) is 18.3 Å². The third-order valence-electron chi connectivity index (χ3n) is 5.82. The lowest BCUT2D eigenvalue weighted by molar-refractivity contribution is -0.148. The summed E-state index contributed by atoms with van der Waals surface area (Å²) in [6, 6.07) is 15.3. The average molecular weight is 472 g/mol. The summed E-state index contributed by atoms with van der Waals surface area (Å²) in [5, 5.41) is 11.6. The van der Waals surface area contributed by atoms with E-state index in [1.807, 2.05) is 37.3 Å². The minimum atomic E-state index is -2.19. The van der Waals surface area contributed by atoms with E-state index >= 15 is 0 Å². The normalized spacial score (nSPS) is 17.0. The Morgan fingerprint density at radius 2 is 1.88 bits per heavy atom. The summed E-state index contributed by atoms with van der Waals surface area (Å²) in [4.78, 5) is 39.2. The Morgan fingerprint density at radius 3 is 2.59 bits per heavy atom. The van der Waals surface area contributed by atoms with Gasteiger partial charge in [0.05, 0.1) is 5.92 Å². The third-order valence-corrected chi connectivity index (χ3v) is 5.82. The van der Waals surface area contributed by atoms with Crippen LogP contribution in [0.1, 0.15) is 39.0 Å². The number of nitrogens with zero attached hydrogens (tertiary/aromatic N) is 1. The van der Waals surface area contributed by atoms with E-state index in [2.05, 4.69) is 5.32 Å². The van der Waals surface area contributed by atoms with Gasteiger partial charge < -0.3 is 15.0 Å². The van der Waals surface area contributed by atoms with Gasteiger partial charge in [-0.15, -0.1) is 0 Å². The molecule has 1 aliphatic heterocycles. The highest BCUT2D eigenvalue weighted by Gasteiger charge is 2.41. The van der Waals surface area contributed by atoms with Gasteiger partial charge in [0.2, 0.25) is 11.8 Å². The minimum Gasteiger partial charge on any atom is -0.457 e. The average Bonchev–Trinajstić information content (AvgIpc) is 3.34. The van der Waals surface area contributed by atoms with Crippen molar-refractivity contribution in [2.75, 3.05) is 11.9 Å². The fraction of sp³-hybridized carbons (Fsp3) is 0.400. The van der Waals surface area contributed by atoms with E-state index in [9.17, 15) is 18.8 Å². The van der Waals surface area contributed by atoms with Crippen molar-refractivity contribution in [1.29, 1.82) is 0 Å². The Kier molecular flexibility index (Phi) is 8.98. The molecule has 0 radical (unpaired) electrons. The fourth-order valence-corrected chi connectivity index (χ4v) is 4.07. The van der Waals surface area contributed by atoms with Crippen LogP contribution >= 0.6 is 0 Å². The molecule has 1 fully saturated rings. The fourth-order valence-electron chi connectivity index (χ4n) is 4.07. The van der Waals surface area contributed by atoms with Gasteiger partial charge in [-0.3, -0.25) is 19.6 Å². The molecule has 0 aromatic heterocycles. The second-order valence-corrected chi connectivity index (χ2v) is 8.25. The van der Waals surface area contributed by atoms with Crippen molar-refractivity contribution in [2.45, 2.75) is 51.2 Å². The molecule has 0 aliphatic carbocycles. The molecule has 3 rings (SSSR count). The lowest BCUT2D eigenvalue weighted by Crippen LogP contribution is -2.49. The van der Waals surface area contributed by atoms with Crippen LogP contribution in [-0.4, -0.2) is 46.6 Å². The first kappa shape index (κ1) is 25.2. The van der Waals surface area contributed by atoms with Gasteiger partial charge in [0.25, 0.3) is 5.91 Å². The summed E-state index contributed by atoms with van der Waals surface area (Å²) in [5.74, 6) is -2.31. The van der Waals surface area contributed by atoms with Crippen LogP contribution in [0.4, 0.5) is 10.1 Å². The Morgan fingerprint density at radius 1 is 1.15 bits per heavy atom. The molecular formula is C25H30FN3O5. The molecule has 2 aromatic carbocycles. The monoisotopic (exact) mass is 471 g/mol. The van der Waals surface area contributed by atoms with Crippen molar-refractivity contribution in [1.82, 2.24) is 10.4 Å². The number of unbranched alkanes of at least 4 members (excludes halogenated alkanes) is 1. The topological polar surface area (TPSA) is 108 Å². The first-order valence-corrected chi connectivity index (χ1v) is 11.5. The molecular weight excluding hydrogens is 441 g/mol. The van der Waals surface area contributed by atoms with E-state index in [1.54, 1.807) is 24.3 Å². The number of hydrogen-bond acceptors (Lipinski definition) is 5. The van der Waals surface area contributed by atoms with E-state index in [0.29, 0.717) is 49.4 Å². The van der Waals surface area contributed by atoms with E-state index in [0.717, 1.165) is 0 Å². The first-order chi connectivity index (χ1) is 16.4. The standard InChI is InChI=1S/C25H30FN3O5/c1-2-3-13-20(22(26)24(31)28-33)25(32)29-15-8-14-21(29)23(30)27-17-9-7-12-19(16-17)34-18-10-5-4-6-11-18/h4-7,9-12,16,20-22,33H,2-3,8,13-15H2,1H3,(H,27,30)(H,28,31)/t20?,21?,22-/m0/s1. The van der Waals surface area contributed by atoms with Crippen LogP contribution in [0.15, 0.2) is 54.6 Å². The summed E-state index contributed by atoms with van der Waals surface area (Å²) >= 11 is 0. The number of ether oxygens (including phenoxy) is 1. The molecule has 8 nitrogen and oxygen atoms in total. The summed E-state index contributed by atoms with van der Waals surface area (Å²) in [6.45, 7) is 2.19. The predicted molar refractivity (Wildman–Crippen MR) is 124 cm³/mol. The van der Waals surface area contributed by atoms with Gasteiger partial charge >= 0.3 is 0 Å². The number of benzene rings is 2. The molecule has 1 heterocycles. The van der Waals surface area contributed by atoms with Crippen molar-refractivity contribution < 1.29 is 28.7 Å².